The summed E-state index contributed by atoms with van der Waals surface area (Å²) in [7, 11) is 0. The molecule has 1 rings (SSSR count). The molecule has 0 aliphatic carbocycles. The standard InChI is InChI=1S/C13H18BrF3N2/c1-12(2,5-6-18)8-19-11-4-3-9(7-10(11)14)13(15,16)17/h3-4,7,19H,5-6,8,18H2,1-2H3. The van der Waals surface area contributed by atoms with E-state index in [4.69, 9.17) is 5.73 Å². The zero-order valence-electron chi connectivity index (χ0n) is 10.9. The smallest absolute Gasteiger partial charge is 0.384 e. The van der Waals surface area contributed by atoms with E-state index in [2.05, 4.69) is 35.1 Å². The van der Waals surface area contributed by atoms with Crippen molar-refractivity contribution in [3.63, 3.8) is 0 Å². The molecular weight excluding hydrogens is 321 g/mol. The van der Waals surface area contributed by atoms with Crippen molar-refractivity contribution in [2.24, 2.45) is 11.1 Å². The summed E-state index contributed by atoms with van der Waals surface area (Å²) in [5.41, 5.74) is 5.51. The molecule has 0 fully saturated rings. The number of rotatable bonds is 5. The van der Waals surface area contributed by atoms with Crippen molar-refractivity contribution in [2.45, 2.75) is 26.4 Å². The van der Waals surface area contributed by atoms with Gasteiger partial charge < -0.3 is 11.1 Å². The Bertz CT molecular complexity index is 430. The van der Waals surface area contributed by atoms with Crippen LogP contribution in [-0.4, -0.2) is 13.1 Å². The summed E-state index contributed by atoms with van der Waals surface area (Å²) in [6.45, 7) is 5.35. The van der Waals surface area contributed by atoms with Crippen molar-refractivity contribution in [1.29, 1.82) is 0 Å². The zero-order chi connectivity index (χ0) is 14.7. The molecule has 108 valence electrons. The Balaban J connectivity index is 2.76. The maximum atomic E-state index is 12.5. The average molecular weight is 339 g/mol. The van der Waals surface area contributed by atoms with Crippen LogP contribution in [-0.2, 0) is 6.18 Å². The Hall–Kier alpha value is -0.750. The molecule has 0 radical (unpaired) electrons. The number of alkyl halides is 3. The monoisotopic (exact) mass is 338 g/mol. The molecule has 0 unspecified atom stereocenters. The highest BCUT2D eigenvalue weighted by Gasteiger charge is 2.30. The van der Waals surface area contributed by atoms with Gasteiger partial charge in [0.1, 0.15) is 0 Å². The largest absolute Gasteiger partial charge is 0.416 e. The molecule has 0 spiro atoms. The molecule has 0 atom stereocenters. The van der Waals surface area contributed by atoms with E-state index < -0.39 is 11.7 Å². The van der Waals surface area contributed by atoms with Crippen LogP contribution >= 0.6 is 15.9 Å². The molecular formula is C13H18BrF3N2. The van der Waals surface area contributed by atoms with Crippen molar-refractivity contribution in [3.05, 3.63) is 28.2 Å². The summed E-state index contributed by atoms with van der Waals surface area (Å²) >= 11 is 3.16. The van der Waals surface area contributed by atoms with E-state index >= 15 is 0 Å². The lowest BCUT2D eigenvalue weighted by molar-refractivity contribution is -0.137. The number of hydrogen-bond acceptors (Lipinski definition) is 2. The zero-order valence-corrected chi connectivity index (χ0v) is 12.5. The molecule has 1 aromatic carbocycles. The summed E-state index contributed by atoms with van der Waals surface area (Å²) in [4.78, 5) is 0. The molecule has 19 heavy (non-hydrogen) atoms. The molecule has 0 aliphatic rings. The maximum Gasteiger partial charge on any atom is 0.416 e. The molecule has 0 saturated carbocycles. The van der Waals surface area contributed by atoms with Gasteiger partial charge in [0.25, 0.3) is 0 Å². The molecule has 0 bridgehead atoms. The summed E-state index contributed by atoms with van der Waals surface area (Å²) in [5.74, 6) is 0. The minimum atomic E-state index is -4.32. The Labute approximate surface area is 119 Å². The third-order valence-corrected chi connectivity index (χ3v) is 3.53. The maximum absolute atomic E-state index is 12.5. The van der Waals surface area contributed by atoms with Crippen molar-refractivity contribution in [1.82, 2.24) is 0 Å². The van der Waals surface area contributed by atoms with Gasteiger partial charge in [-0.05, 0) is 52.5 Å². The van der Waals surface area contributed by atoms with Crippen LogP contribution in [0, 0.1) is 5.41 Å². The highest BCUT2D eigenvalue weighted by Crippen LogP contribution is 2.34. The third kappa shape index (κ3) is 5.03. The van der Waals surface area contributed by atoms with Gasteiger partial charge in [-0.15, -0.1) is 0 Å². The van der Waals surface area contributed by atoms with Crippen LogP contribution in [0.2, 0.25) is 0 Å². The van der Waals surface area contributed by atoms with Gasteiger partial charge in [0.05, 0.1) is 5.56 Å². The second-order valence-electron chi connectivity index (χ2n) is 5.25. The van der Waals surface area contributed by atoms with E-state index in [9.17, 15) is 13.2 Å². The van der Waals surface area contributed by atoms with Crippen molar-refractivity contribution >= 4 is 21.6 Å². The van der Waals surface area contributed by atoms with E-state index in [0.29, 0.717) is 23.2 Å². The van der Waals surface area contributed by atoms with Crippen LogP contribution in [0.5, 0.6) is 0 Å². The van der Waals surface area contributed by atoms with Gasteiger partial charge in [-0.1, -0.05) is 13.8 Å². The summed E-state index contributed by atoms with van der Waals surface area (Å²) in [5, 5.41) is 3.15. The average Bonchev–Trinajstić information content (AvgIpc) is 2.26. The van der Waals surface area contributed by atoms with Gasteiger partial charge in [-0.3, -0.25) is 0 Å². The minimum Gasteiger partial charge on any atom is -0.384 e. The predicted octanol–water partition coefficient (Wildman–Crippen LogP) is 4.25. The lowest BCUT2D eigenvalue weighted by Gasteiger charge is -2.25. The number of anilines is 1. The van der Waals surface area contributed by atoms with Crippen molar-refractivity contribution in [2.75, 3.05) is 18.4 Å². The first-order valence-electron chi connectivity index (χ1n) is 5.96. The summed E-state index contributed by atoms with van der Waals surface area (Å²) in [6, 6.07) is 3.59. The van der Waals surface area contributed by atoms with Crippen LogP contribution < -0.4 is 11.1 Å². The SMILES string of the molecule is CC(C)(CCN)CNc1ccc(C(F)(F)F)cc1Br. The van der Waals surface area contributed by atoms with Gasteiger partial charge in [0.2, 0.25) is 0 Å². The Morgan fingerprint density at radius 1 is 1.26 bits per heavy atom. The van der Waals surface area contributed by atoms with Crippen LogP contribution in [0.3, 0.4) is 0 Å². The number of halogens is 4. The van der Waals surface area contributed by atoms with E-state index in [1.165, 1.54) is 6.07 Å². The molecule has 0 saturated heterocycles. The third-order valence-electron chi connectivity index (χ3n) is 2.87. The Morgan fingerprint density at radius 3 is 2.37 bits per heavy atom. The lowest BCUT2D eigenvalue weighted by Crippen LogP contribution is -2.26. The molecule has 3 N–H and O–H groups in total. The molecule has 0 heterocycles. The van der Waals surface area contributed by atoms with Crippen LogP contribution in [0.4, 0.5) is 18.9 Å². The molecule has 0 aliphatic heterocycles. The fourth-order valence-corrected chi connectivity index (χ4v) is 2.17. The minimum absolute atomic E-state index is 0.00309. The highest BCUT2D eigenvalue weighted by atomic mass is 79.9. The first kappa shape index (κ1) is 16.3. The van der Waals surface area contributed by atoms with Crippen molar-refractivity contribution < 1.29 is 13.2 Å². The Morgan fingerprint density at radius 2 is 1.89 bits per heavy atom. The number of nitrogens with one attached hydrogen (secondary N) is 1. The number of nitrogens with two attached hydrogens (primary N) is 1. The van der Waals surface area contributed by atoms with E-state index in [1.54, 1.807) is 0 Å². The van der Waals surface area contributed by atoms with Crippen LogP contribution in [0.15, 0.2) is 22.7 Å². The molecule has 2 nitrogen and oxygen atoms in total. The van der Waals surface area contributed by atoms with Gasteiger partial charge in [0.15, 0.2) is 0 Å². The van der Waals surface area contributed by atoms with E-state index in [0.717, 1.165) is 18.6 Å². The lowest BCUT2D eigenvalue weighted by atomic mass is 9.89. The second kappa shape index (κ2) is 6.13. The number of benzene rings is 1. The molecule has 0 aromatic heterocycles. The van der Waals surface area contributed by atoms with E-state index in [-0.39, 0.29) is 5.41 Å². The predicted molar refractivity (Wildman–Crippen MR) is 75.1 cm³/mol. The van der Waals surface area contributed by atoms with Crippen molar-refractivity contribution in [3.8, 4) is 0 Å². The van der Waals surface area contributed by atoms with Gasteiger partial charge in [0, 0.05) is 16.7 Å². The van der Waals surface area contributed by atoms with Gasteiger partial charge >= 0.3 is 6.18 Å². The quantitative estimate of drug-likeness (QED) is 0.841. The number of hydrogen-bond donors (Lipinski definition) is 2. The van der Waals surface area contributed by atoms with Gasteiger partial charge in [-0.2, -0.15) is 13.2 Å². The van der Waals surface area contributed by atoms with Crippen LogP contribution in [0.25, 0.3) is 0 Å². The fraction of sp³-hybridized carbons (Fsp3) is 0.538. The molecule has 6 heteroatoms. The first-order chi connectivity index (χ1) is 8.65. The Kier molecular flexibility index (Phi) is 5.26. The summed E-state index contributed by atoms with van der Waals surface area (Å²) in [6.07, 6.45) is -3.47. The highest BCUT2D eigenvalue weighted by molar-refractivity contribution is 9.10. The normalized spacial score (nSPS) is 12.6. The van der Waals surface area contributed by atoms with Crippen LogP contribution in [0.1, 0.15) is 25.8 Å². The van der Waals surface area contributed by atoms with Gasteiger partial charge in [-0.25, -0.2) is 0 Å². The molecule has 1 aromatic rings. The topological polar surface area (TPSA) is 38.0 Å². The fourth-order valence-electron chi connectivity index (χ4n) is 1.65. The summed E-state index contributed by atoms with van der Waals surface area (Å²) < 4.78 is 38.0. The van der Waals surface area contributed by atoms with E-state index in [1.807, 2.05) is 0 Å². The molecule has 0 amide bonds. The second-order valence-corrected chi connectivity index (χ2v) is 6.10. The first-order valence-corrected chi connectivity index (χ1v) is 6.76.